The molecule has 0 unspecified atom stereocenters. The van der Waals surface area contributed by atoms with Crippen LogP contribution in [0.3, 0.4) is 0 Å². The zero-order valence-corrected chi connectivity index (χ0v) is 18.1. The molecule has 2 aromatic carbocycles. The number of anilines is 1. The molecule has 0 saturated carbocycles. The lowest BCUT2D eigenvalue weighted by atomic mass is 10.0. The van der Waals surface area contributed by atoms with Gasteiger partial charge in [-0.25, -0.2) is 0 Å². The minimum absolute atomic E-state index is 0.0182. The maximum atomic E-state index is 13.1. The van der Waals surface area contributed by atoms with Crippen LogP contribution in [-0.4, -0.2) is 23.5 Å². The summed E-state index contributed by atoms with van der Waals surface area (Å²) >= 11 is 8.71. The van der Waals surface area contributed by atoms with Crippen LogP contribution in [-0.2, 0) is 9.59 Å². The summed E-state index contributed by atoms with van der Waals surface area (Å²) in [6.45, 7) is 6.33. The predicted octanol–water partition coefficient (Wildman–Crippen LogP) is 4.30. The average molecular weight is 459 g/mol. The van der Waals surface area contributed by atoms with Gasteiger partial charge >= 0.3 is 0 Å². The van der Waals surface area contributed by atoms with Gasteiger partial charge in [0, 0.05) is 0 Å². The monoisotopic (exact) mass is 458 g/mol. The summed E-state index contributed by atoms with van der Waals surface area (Å²) in [4.78, 5) is 26.9. The fourth-order valence-electron chi connectivity index (χ4n) is 2.98. The van der Waals surface area contributed by atoms with Crippen molar-refractivity contribution < 1.29 is 14.3 Å². The van der Waals surface area contributed by atoms with Crippen LogP contribution in [0.4, 0.5) is 5.69 Å². The van der Waals surface area contributed by atoms with Crippen molar-refractivity contribution in [3.8, 4) is 5.75 Å². The van der Waals surface area contributed by atoms with Gasteiger partial charge in [0.15, 0.2) is 5.11 Å². The third-order valence-electron chi connectivity index (χ3n) is 4.26. The Bertz CT molecular complexity index is 1020. The van der Waals surface area contributed by atoms with Gasteiger partial charge in [0.25, 0.3) is 11.8 Å². The highest BCUT2D eigenvalue weighted by Crippen LogP contribution is 2.29. The molecule has 7 heteroatoms. The molecule has 1 N–H and O–H groups in total. The largest absolute Gasteiger partial charge is 0.493 e. The van der Waals surface area contributed by atoms with Crippen molar-refractivity contribution in [3.05, 3.63) is 63.1 Å². The second kappa shape index (κ2) is 8.24. The average Bonchev–Trinajstić information content (AvgIpc) is 2.62. The Hall–Kier alpha value is -2.51. The molecule has 1 fully saturated rings. The van der Waals surface area contributed by atoms with Gasteiger partial charge in [-0.3, -0.25) is 19.8 Å². The summed E-state index contributed by atoms with van der Waals surface area (Å²) in [5, 5.41) is 2.69. The zero-order chi connectivity index (χ0) is 20.4. The summed E-state index contributed by atoms with van der Waals surface area (Å²) in [7, 11) is 0. The smallest absolute Gasteiger partial charge is 0.270 e. The topological polar surface area (TPSA) is 58.6 Å². The molecular weight excluding hydrogens is 440 g/mol. The van der Waals surface area contributed by atoms with Crippen LogP contribution in [0.15, 0.2) is 46.4 Å². The number of benzene rings is 2. The van der Waals surface area contributed by atoms with Crippen molar-refractivity contribution in [1.29, 1.82) is 0 Å². The molecule has 28 heavy (non-hydrogen) atoms. The summed E-state index contributed by atoms with van der Waals surface area (Å²) in [6, 6.07) is 11.1. The second-order valence-electron chi connectivity index (χ2n) is 6.37. The molecule has 144 valence electrons. The van der Waals surface area contributed by atoms with E-state index >= 15 is 0 Å². The lowest BCUT2D eigenvalue weighted by Crippen LogP contribution is -2.54. The van der Waals surface area contributed by atoms with E-state index in [0.29, 0.717) is 23.6 Å². The number of carbonyl (C=O) groups is 2. The Morgan fingerprint density at radius 2 is 1.93 bits per heavy atom. The first-order valence-electron chi connectivity index (χ1n) is 8.73. The predicted molar refractivity (Wildman–Crippen MR) is 117 cm³/mol. The summed E-state index contributed by atoms with van der Waals surface area (Å²) in [6.07, 6.45) is 1.55. The minimum Gasteiger partial charge on any atom is -0.493 e. The molecular formula is C21H19BrN2O3S. The number of halogens is 1. The molecule has 0 radical (unpaired) electrons. The van der Waals surface area contributed by atoms with E-state index in [1.165, 1.54) is 4.90 Å². The van der Waals surface area contributed by atoms with Crippen molar-refractivity contribution in [2.24, 2.45) is 0 Å². The fourth-order valence-corrected chi connectivity index (χ4v) is 3.76. The highest BCUT2D eigenvalue weighted by molar-refractivity contribution is 9.10. The molecule has 5 nitrogen and oxygen atoms in total. The Labute approximate surface area is 177 Å². The normalized spacial score (nSPS) is 15.8. The second-order valence-corrected chi connectivity index (χ2v) is 7.61. The third-order valence-corrected chi connectivity index (χ3v) is 5.17. The maximum Gasteiger partial charge on any atom is 0.270 e. The third kappa shape index (κ3) is 4.00. The number of nitrogens with one attached hydrogen (secondary N) is 1. The van der Waals surface area contributed by atoms with E-state index in [4.69, 9.17) is 17.0 Å². The van der Waals surface area contributed by atoms with Gasteiger partial charge < -0.3 is 4.74 Å². The molecule has 0 bridgehead atoms. The minimum atomic E-state index is -0.513. The van der Waals surface area contributed by atoms with Gasteiger partial charge in [0.05, 0.1) is 16.8 Å². The number of hydrogen-bond acceptors (Lipinski definition) is 4. The molecule has 1 heterocycles. The first kappa shape index (κ1) is 20.2. The molecule has 2 aromatic rings. The number of ether oxygens (including phenoxy) is 1. The fraction of sp³-hybridized carbons (Fsp3) is 0.190. The lowest BCUT2D eigenvalue weighted by molar-refractivity contribution is -0.122. The van der Waals surface area contributed by atoms with Crippen LogP contribution in [0, 0.1) is 13.8 Å². The van der Waals surface area contributed by atoms with Crippen molar-refractivity contribution >= 4 is 56.8 Å². The SMILES string of the molecule is CCOc1ccc(/C=C2\C(=O)NC(=S)N(c3ccc(C)cc3C)C2=O)cc1Br. The lowest BCUT2D eigenvalue weighted by Gasteiger charge is -2.30. The van der Waals surface area contributed by atoms with Crippen molar-refractivity contribution in [2.45, 2.75) is 20.8 Å². The molecule has 0 atom stereocenters. The van der Waals surface area contributed by atoms with Crippen LogP contribution in [0.25, 0.3) is 6.08 Å². The molecule has 2 amide bonds. The standard InChI is InChI=1S/C21H19BrN2O3S/c1-4-27-18-8-6-14(11-16(18)22)10-15-19(25)23-21(28)24(20(15)26)17-7-5-12(2)9-13(17)3/h5-11H,4H2,1-3H3,(H,23,25,28)/b15-10+. The highest BCUT2D eigenvalue weighted by Gasteiger charge is 2.35. The Morgan fingerprint density at radius 3 is 2.57 bits per heavy atom. The number of nitrogens with zero attached hydrogens (tertiary/aromatic N) is 1. The van der Waals surface area contributed by atoms with Gasteiger partial charge in [-0.05, 0) is 84.3 Å². The first-order chi connectivity index (χ1) is 13.3. The van der Waals surface area contributed by atoms with Gasteiger partial charge in [0.2, 0.25) is 0 Å². The van der Waals surface area contributed by atoms with Crippen molar-refractivity contribution in [2.75, 3.05) is 11.5 Å². The molecule has 1 aliphatic heterocycles. The number of hydrogen-bond donors (Lipinski definition) is 1. The Balaban J connectivity index is 2.00. The van der Waals surface area contributed by atoms with Crippen LogP contribution in [0.5, 0.6) is 5.75 Å². The van der Waals surface area contributed by atoms with E-state index < -0.39 is 11.8 Å². The zero-order valence-electron chi connectivity index (χ0n) is 15.7. The van der Waals surface area contributed by atoms with Crippen molar-refractivity contribution in [3.63, 3.8) is 0 Å². The van der Waals surface area contributed by atoms with Crippen LogP contribution < -0.4 is 15.0 Å². The molecule has 1 saturated heterocycles. The quantitative estimate of drug-likeness (QED) is 0.421. The van der Waals surface area contributed by atoms with Gasteiger partial charge in [-0.2, -0.15) is 0 Å². The van der Waals surface area contributed by atoms with Gasteiger partial charge in [0.1, 0.15) is 11.3 Å². The first-order valence-corrected chi connectivity index (χ1v) is 9.93. The van der Waals surface area contributed by atoms with Crippen LogP contribution in [0.2, 0.25) is 0 Å². The van der Waals surface area contributed by atoms with Gasteiger partial charge in [-0.15, -0.1) is 0 Å². The number of amides is 2. The molecule has 0 aromatic heterocycles. The van der Waals surface area contributed by atoms with Crippen LogP contribution >= 0.6 is 28.1 Å². The van der Waals surface area contributed by atoms with Gasteiger partial charge in [-0.1, -0.05) is 23.8 Å². The number of rotatable bonds is 4. The summed E-state index contributed by atoms with van der Waals surface area (Å²) in [5.41, 5.74) is 3.34. The van der Waals surface area contributed by atoms with E-state index in [2.05, 4.69) is 21.2 Å². The van der Waals surface area contributed by atoms with Crippen LogP contribution in [0.1, 0.15) is 23.6 Å². The van der Waals surface area contributed by atoms with E-state index in [0.717, 1.165) is 15.6 Å². The molecule has 1 aliphatic rings. The number of aryl methyl sites for hydroxylation is 2. The molecule has 0 aliphatic carbocycles. The molecule has 0 spiro atoms. The summed E-state index contributed by atoms with van der Waals surface area (Å²) in [5.74, 6) is -0.270. The highest BCUT2D eigenvalue weighted by atomic mass is 79.9. The molecule has 3 rings (SSSR count). The van der Waals surface area contributed by atoms with E-state index in [1.54, 1.807) is 24.3 Å². The van der Waals surface area contributed by atoms with E-state index in [-0.39, 0.29) is 10.7 Å². The Kier molecular flexibility index (Phi) is 5.96. The van der Waals surface area contributed by atoms with E-state index in [1.807, 2.05) is 39.0 Å². The number of thiocarbonyl (C=S) groups is 1. The van der Waals surface area contributed by atoms with Crippen molar-refractivity contribution in [1.82, 2.24) is 5.32 Å². The number of carbonyl (C=O) groups excluding carboxylic acids is 2. The summed E-state index contributed by atoms with van der Waals surface area (Å²) < 4.78 is 6.24. The Morgan fingerprint density at radius 1 is 1.18 bits per heavy atom. The van der Waals surface area contributed by atoms with E-state index in [9.17, 15) is 9.59 Å². The maximum absolute atomic E-state index is 13.1.